The van der Waals surface area contributed by atoms with E-state index in [0.29, 0.717) is 23.9 Å². The Kier molecular flexibility index (Phi) is 6.83. The number of nitrogens with one attached hydrogen (secondary N) is 2. The van der Waals surface area contributed by atoms with Gasteiger partial charge in [0, 0.05) is 11.1 Å². The average Bonchev–Trinajstić information content (AvgIpc) is 3.34. The van der Waals surface area contributed by atoms with Crippen molar-refractivity contribution in [1.29, 1.82) is 0 Å². The van der Waals surface area contributed by atoms with Gasteiger partial charge in [0.2, 0.25) is 5.82 Å². The van der Waals surface area contributed by atoms with Gasteiger partial charge in [0.1, 0.15) is 0 Å². The van der Waals surface area contributed by atoms with Crippen molar-refractivity contribution in [1.82, 2.24) is 25.6 Å². The zero-order chi connectivity index (χ0) is 23.9. The molecule has 0 saturated carbocycles. The molecule has 4 aromatic rings. The van der Waals surface area contributed by atoms with Crippen LogP contribution in [0.25, 0.3) is 17.1 Å². The molecule has 9 heteroatoms. The van der Waals surface area contributed by atoms with Gasteiger partial charge >= 0.3 is 5.91 Å². The van der Waals surface area contributed by atoms with Crippen LogP contribution in [0.5, 0.6) is 11.5 Å². The quantitative estimate of drug-likeness (QED) is 0.412. The first-order chi connectivity index (χ1) is 16.6. The largest absolute Gasteiger partial charge is 0.493 e. The van der Waals surface area contributed by atoms with Crippen LogP contribution in [0.15, 0.2) is 78.9 Å². The van der Waals surface area contributed by atoms with Crippen LogP contribution in [-0.2, 0) is 0 Å². The first kappa shape index (κ1) is 22.5. The summed E-state index contributed by atoms with van der Waals surface area (Å²) in [5.41, 5.74) is 6.59. The number of carbonyl (C=O) groups excluding carboxylic acids is 2. The molecule has 4 rings (SSSR count). The van der Waals surface area contributed by atoms with Crippen molar-refractivity contribution in [2.45, 2.75) is 6.92 Å². The molecule has 9 nitrogen and oxygen atoms in total. The Morgan fingerprint density at radius 2 is 1.56 bits per heavy atom. The second-order valence-electron chi connectivity index (χ2n) is 7.08. The van der Waals surface area contributed by atoms with Crippen molar-refractivity contribution < 1.29 is 19.1 Å². The normalized spacial score (nSPS) is 10.4. The maximum atomic E-state index is 12.8. The Morgan fingerprint density at radius 3 is 2.24 bits per heavy atom. The lowest BCUT2D eigenvalue weighted by Gasteiger charge is -2.11. The van der Waals surface area contributed by atoms with E-state index in [1.807, 2.05) is 67.6 Å². The number of para-hydroxylation sites is 1. The Balaban J connectivity index is 1.54. The molecule has 1 aromatic heterocycles. The summed E-state index contributed by atoms with van der Waals surface area (Å²) in [6, 6.07) is 23.5. The van der Waals surface area contributed by atoms with Gasteiger partial charge in [-0.3, -0.25) is 20.4 Å². The molecule has 0 aliphatic heterocycles. The summed E-state index contributed by atoms with van der Waals surface area (Å²) in [4.78, 5) is 29.8. The highest BCUT2D eigenvalue weighted by molar-refractivity contribution is 5.98. The number of hydrazine groups is 1. The number of hydrogen-bond donors (Lipinski definition) is 2. The van der Waals surface area contributed by atoms with Gasteiger partial charge in [0.05, 0.1) is 19.4 Å². The first-order valence-electron chi connectivity index (χ1n) is 10.6. The predicted molar refractivity (Wildman–Crippen MR) is 126 cm³/mol. The van der Waals surface area contributed by atoms with Crippen LogP contribution in [-0.4, -0.2) is 40.3 Å². The highest BCUT2D eigenvalue weighted by Crippen LogP contribution is 2.28. The molecule has 0 aliphatic rings. The van der Waals surface area contributed by atoms with Gasteiger partial charge in [0.25, 0.3) is 5.91 Å². The number of rotatable bonds is 7. The van der Waals surface area contributed by atoms with Crippen molar-refractivity contribution in [2.75, 3.05) is 13.7 Å². The topological polar surface area (TPSA) is 107 Å². The summed E-state index contributed by atoms with van der Waals surface area (Å²) in [6.45, 7) is 2.25. The Bertz CT molecular complexity index is 1230. The fourth-order valence-electron chi connectivity index (χ4n) is 3.26. The fraction of sp³-hybridized carbons (Fsp3) is 0.120. The lowest BCUT2D eigenvalue weighted by molar-refractivity contribution is 0.0840. The molecule has 172 valence electrons. The number of benzene rings is 3. The first-order valence-corrected chi connectivity index (χ1v) is 10.6. The predicted octanol–water partition coefficient (Wildman–Crippen LogP) is 3.42. The molecule has 2 amide bonds. The lowest BCUT2D eigenvalue weighted by atomic mass is 10.2. The monoisotopic (exact) mass is 457 g/mol. The molecule has 2 N–H and O–H groups in total. The summed E-state index contributed by atoms with van der Waals surface area (Å²) in [6.07, 6.45) is 0. The van der Waals surface area contributed by atoms with Crippen LogP contribution in [0.2, 0.25) is 0 Å². The Hall–Kier alpha value is -4.66. The fourth-order valence-corrected chi connectivity index (χ4v) is 3.26. The van der Waals surface area contributed by atoms with Crippen LogP contribution in [0.1, 0.15) is 27.9 Å². The lowest BCUT2D eigenvalue weighted by Crippen LogP contribution is -2.42. The SMILES string of the molecule is CCOc1cc(C(=O)NNC(=O)c2nc(-c3ccccc3)n(-c3ccccc3)n2)ccc1OC. The number of amides is 2. The molecule has 0 fully saturated rings. The van der Waals surface area contributed by atoms with Crippen molar-refractivity contribution >= 4 is 11.8 Å². The van der Waals surface area contributed by atoms with Gasteiger partial charge in [-0.05, 0) is 37.3 Å². The zero-order valence-corrected chi connectivity index (χ0v) is 18.7. The van der Waals surface area contributed by atoms with Crippen LogP contribution in [0, 0.1) is 0 Å². The van der Waals surface area contributed by atoms with Gasteiger partial charge in [-0.1, -0.05) is 48.5 Å². The number of nitrogens with zero attached hydrogens (tertiary/aromatic N) is 3. The van der Waals surface area contributed by atoms with Crippen molar-refractivity contribution in [2.24, 2.45) is 0 Å². The third-order valence-electron chi connectivity index (χ3n) is 4.86. The minimum absolute atomic E-state index is 0.0901. The second-order valence-corrected chi connectivity index (χ2v) is 7.08. The number of ether oxygens (including phenoxy) is 2. The summed E-state index contributed by atoms with van der Waals surface area (Å²) in [7, 11) is 1.52. The zero-order valence-electron chi connectivity index (χ0n) is 18.7. The Morgan fingerprint density at radius 1 is 0.882 bits per heavy atom. The van der Waals surface area contributed by atoms with E-state index in [9.17, 15) is 9.59 Å². The smallest absolute Gasteiger partial charge is 0.309 e. The van der Waals surface area contributed by atoms with E-state index in [-0.39, 0.29) is 11.4 Å². The van der Waals surface area contributed by atoms with Gasteiger partial charge in [-0.2, -0.15) is 0 Å². The summed E-state index contributed by atoms with van der Waals surface area (Å²) in [5.74, 6) is 0.167. The molecule has 1 heterocycles. The van der Waals surface area contributed by atoms with E-state index >= 15 is 0 Å². The second kappa shape index (κ2) is 10.3. The van der Waals surface area contributed by atoms with Gasteiger partial charge in [-0.25, -0.2) is 9.67 Å². The highest BCUT2D eigenvalue weighted by Gasteiger charge is 2.20. The van der Waals surface area contributed by atoms with Crippen LogP contribution >= 0.6 is 0 Å². The van der Waals surface area contributed by atoms with E-state index in [0.717, 1.165) is 11.3 Å². The third kappa shape index (κ3) is 4.88. The van der Waals surface area contributed by atoms with Gasteiger partial charge < -0.3 is 9.47 Å². The molecule has 34 heavy (non-hydrogen) atoms. The molecule has 0 spiro atoms. The van der Waals surface area contributed by atoms with E-state index < -0.39 is 11.8 Å². The van der Waals surface area contributed by atoms with Crippen LogP contribution in [0.3, 0.4) is 0 Å². The minimum Gasteiger partial charge on any atom is -0.493 e. The molecule has 0 atom stereocenters. The summed E-state index contributed by atoms with van der Waals surface area (Å²) >= 11 is 0. The number of methoxy groups -OCH3 is 1. The van der Waals surface area contributed by atoms with E-state index in [1.54, 1.807) is 22.9 Å². The molecular weight excluding hydrogens is 434 g/mol. The third-order valence-corrected chi connectivity index (χ3v) is 4.86. The average molecular weight is 457 g/mol. The van der Waals surface area contributed by atoms with Gasteiger partial charge in [0.15, 0.2) is 17.3 Å². The van der Waals surface area contributed by atoms with Crippen LogP contribution in [0.4, 0.5) is 0 Å². The van der Waals surface area contributed by atoms with Crippen molar-refractivity contribution in [3.8, 4) is 28.6 Å². The molecule has 0 saturated heterocycles. The molecular formula is C25H23N5O4. The van der Waals surface area contributed by atoms with E-state index in [1.165, 1.54) is 7.11 Å². The van der Waals surface area contributed by atoms with Crippen molar-refractivity contribution in [3.63, 3.8) is 0 Å². The van der Waals surface area contributed by atoms with E-state index in [4.69, 9.17) is 9.47 Å². The molecule has 0 unspecified atom stereocenters. The van der Waals surface area contributed by atoms with Crippen molar-refractivity contribution in [3.05, 3.63) is 90.3 Å². The molecule has 0 bridgehead atoms. The molecule has 3 aromatic carbocycles. The standard InChI is InChI=1S/C25H23N5O4/c1-3-34-21-16-18(14-15-20(21)33-2)24(31)27-28-25(32)22-26-23(17-10-6-4-7-11-17)30(29-22)19-12-8-5-9-13-19/h4-16H,3H2,1-2H3,(H,27,31)(H,28,32). The Labute approximate surface area is 196 Å². The minimum atomic E-state index is -0.654. The molecule has 0 radical (unpaired) electrons. The number of aromatic nitrogens is 3. The summed E-state index contributed by atoms with van der Waals surface area (Å²) in [5, 5.41) is 4.37. The maximum absolute atomic E-state index is 12.8. The highest BCUT2D eigenvalue weighted by atomic mass is 16.5. The number of carbonyl (C=O) groups is 2. The number of hydrogen-bond acceptors (Lipinski definition) is 6. The molecule has 0 aliphatic carbocycles. The summed E-state index contributed by atoms with van der Waals surface area (Å²) < 4.78 is 12.3. The maximum Gasteiger partial charge on any atom is 0.309 e. The van der Waals surface area contributed by atoms with Gasteiger partial charge in [-0.15, -0.1) is 5.10 Å². The van der Waals surface area contributed by atoms with Crippen LogP contribution < -0.4 is 20.3 Å². The van der Waals surface area contributed by atoms with E-state index in [2.05, 4.69) is 20.9 Å².